The van der Waals surface area contributed by atoms with Crippen LogP contribution in [-0.2, 0) is 0 Å². The number of hydrogen-bond donors (Lipinski definition) is 1. The molecule has 8 atom stereocenters. The fourth-order valence-electron chi connectivity index (χ4n) is 9.33. The minimum absolute atomic E-state index is 0.359. The maximum atomic E-state index is 9.47. The van der Waals surface area contributed by atoms with Gasteiger partial charge in [0.05, 0.1) is 0 Å². The van der Waals surface area contributed by atoms with Crippen LogP contribution in [0.4, 0.5) is 0 Å². The molecule has 0 heterocycles. The van der Waals surface area contributed by atoms with Crippen molar-refractivity contribution in [3.8, 4) is 0 Å². The predicted molar refractivity (Wildman–Crippen MR) is 128 cm³/mol. The van der Waals surface area contributed by atoms with E-state index in [-0.39, 0.29) is 0 Å². The molecule has 4 aliphatic carbocycles. The third kappa shape index (κ3) is 3.84. The summed E-state index contributed by atoms with van der Waals surface area (Å²) in [6.45, 7) is 13.0. The van der Waals surface area contributed by atoms with Gasteiger partial charge in [-0.2, -0.15) is 0 Å². The maximum absolute atomic E-state index is 9.47. The fraction of sp³-hybridized carbons (Fsp3) is 0.931. The van der Waals surface area contributed by atoms with Gasteiger partial charge in [0.1, 0.15) is 0 Å². The van der Waals surface area contributed by atoms with E-state index >= 15 is 0 Å². The van der Waals surface area contributed by atoms with E-state index in [0.29, 0.717) is 29.3 Å². The van der Waals surface area contributed by atoms with E-state index in [9.17, 15) is 5.11 Å². The number of hydrogen-bond acceptors (Lipinski definition) is 1. The Morgan fingerprint density at radius 3 is 2.50 bits per heavy atom. The van der Waals surface area contributed by atoms with Gasteiger partial charge < -0.3 is 5.11 Å². The van der Waals surface area contributed by atoms with Crippen LogP contribution in [-0.4, -0.2) is 11.7 Å². The smallest absolute Gasteiger partial charge is 0.0433 e. The molecule has 0 saturated heterocycles. The van der Waals surface area contributed by atoms with Crippen molar-refractivity contribution in [3.05, 3.63) is 11.6 Å². The van der Waals surface area contributed by atoms with E-state index in [1.807, 2.05) is 5.57 Å². The van der Waals surface area contributed by atoms with E-state index in [1.165, 1.54) is 70.6 Å². The van der Waals surface area contributed by atoms with Crippen molar-refractivity contribution in [3.63, 3.8) is 0 Å². The quantitative estimate of drug-likeness (QED) is 0.418. The van der Waals surface area contributed by atoms with Crippen molar-refractivity contribution in [1.82, 2.24) is 0 Å². The number of aliphatic hydroxyl groups is 1. The van der Waals surface area contributed by atoms with E-state index in [0.717, 1.165) is 36.0 Å². The lowest BCUT2D eigenvalue weighted by Gasteiger charge is -2.58. The van der Waals surface area contributed by atoms with Gasteiger partial charge >= 0.3 is 0 Å². The molecule has 4 aliphatic rings. The summed E-state index contributed by atoms with van der Waals surface area (Å²) in [6.07, 6.45) is 19.5. The van der Waals surface area contributed by atoms with Gasteiger partial charge in [0.15, 0.2) is 0 Å². The molecular weight excluding hydrogens is 364 g/mol. The molecule has 0 bridgehead atoms. The molecule has 0 aromatic heterocycles. The highest BCUT2D eigenvalue weighted by atomic mass is 16.3. The summed E-state index contributed by atoms with van der Waals surface area (Å²) in [4.78, 5) is 0. The molecule has 0 amide bonds. The van der Waals surface area contributed by atoms with E-state index in [1.54, 1.807) is 0 Å². The summed E-state index contributed by atoms with van der Waals surface area (Å²) in [5.74, 6) is 6.08. The zero-order valence-corrected chi connectivity index (χ0v) is 20.8. The molecule has 0 aromatic carbocycles. The Morgan fingerprint density at radius 2 is 1.77 bits per heavy atom. The third-order valence-corrected chi connectivity index (χ3v) is 11.2. The molecule has 3 saturated carbocycles. The summed E-state index contributed by atoms with van der Waals surface area (Å²) >= 11 is 0. The second kappa shape index (κ2) is 8.92. The van der Waals surface area contributed by atoms with Crippen molar-refractivity contribution in [2.24, 2.45) is 52.3 Å². The van der Waals surface area contributed by atoms with Crippen molar-refractivity contribution in [2.75, 3.05) is 6.61 Å². The van der Waals surface area contributed by atoms with Crippen LogP contribution in [0.15, 0.2) is 11.6 Å². The lowest BCUT2D eigenvalue weighted by atomic mass is 9.47. The van der Waals surface area contributed by atoms with Crippen LogP contribution >= 0.6 is 0 Å². The topological polar surface area (TPSA) is 20.2 Å². The lowest BCUT2D eigenvalue weighted by molar-refractivity contribution is -0.0503. The van der Waals surface area contributed by atoms with E-state index in [2.05, 4.69) is 40.7 Å². The molecule has 4 rings (SSSR count). The Morgan fingerprint density at radius 1 is 0.967 bits per heavy atom. The standard InChI is InChI=1S/C29H50O/c1-20(2)22(16-19-30)10-9-21(3)25-13-14-26-24-12-11-23-8-6-7-17-28(23,4)27(24)15-18-29(25,26)5/h11,20-22,24-27,30H,6-10,12-19H2,1-5H3/t21-,22+,24+,25-,26+,27+,28+,29-/m1/s1. The van der Waals surface area contributed by atoms with Crippen molar-refractivity contribution in [2.45, 2.75) is 112 Å². The number of allylic oxidation sites excluding steroid dienone is 2. The SMILES string of the molecule is CC(C)[C@H](CCO)CC[C@@H](C)[C@H]1CC[C@H]2[C@@H]3CC=C4CCCC[C@]4(C)[C@H]3CC[C@]12C. The third-order valence-electron chi connectivity index (χ3n) is 11.2. The van der Waals surface area contributed by atoms with Gasteiger partial charge in [-0.3, -0.25) is 0 Å². The van der Waals surface area contributed by atoms with Gasteiger partial charge in [-0.05, 0) is 116 Å². The summed E-state index contributed by atoms with van der Waals surface area (Å²) in [5, 5.41) is 9.47. The van der Waals surface area contributed by atoms with Gasteiger partial charge in [-0.1, -0.05) is 59.1 Å². The number of fused-ring (bicyclic) bond motifs is 5. The Labute approximate surface area is 187 Å². The molecule has 0 aromatic rings. The van der Waals surface area contributed by atoms with Crippen LogP contribution in [0.25, 0.3) is 0 Å². The fourth-order valence-corrected chi connectivity index (χ4v) is 9.33. The summed E-state index contributed by atoms with van der Waals surface area (Å²) < 4.78 is 0. The van der Waals surface area contributed by atoms with Crippen LogP contribution in [0.2, 0.25) is 0 Å². The molecule has 172 valence electrons. The summed E-state index contributed by atoms with van der Waals surface area (Å²) in [7, 11) is 0. The molecular formula is C29H50O. The average Bonchev–Trinajstić information content (AvgIpc) is 3.07. The lowest BCUT2D eigenvalue weighted by Crippen LogP contribution is -2.50. The molecule has 1 N–H and O–H groups in total. The second-order valence-electron chi connectivity index (χ2n) is 12.8. The largest absolute Gasteiger partial charge is 0.396 e. The van der Waals surface area contributed by atoms with E-state index in [4.69, 9.17) is 0 Å². The van der Waals surface area contributed by atoms with Gasteiger partial charge in [-0.25, -0.2) is 0 Å². The van der Waals surface area contributed by atoms with Crippen LogP contribution < -0.4 is 0 Å². The first-order valence-electron chi connectivity index (χ1n) is 13.6. The highest BCUT2D eigenvalue weighted by Gasteiger charge is 2.58. The minimum Gasteiger partial charge on any atom is -0.396 e. The van der Waals surface area contributed by atoms with Crippen molar-refractivity contribution in [1.29, 1.82) is 0 Å². The second-order valence-corrected chi connectivity index (χ2v) is 12.8. The van der Waals surface area contributed by atoms with Crippen LogP contribution in [0.5, 0.6) is 0 Å². The van der Waals surface area contributed by atoms with Crippen molar-refractivity contribution < 1.29 is 5.11 Å². The molecule has 0 spiro atoms. The summed E-state index contributed by atoms with van der Waals surface area (Å²) in [6, 6.07) is 0. The first-order chi connectivity index (χ1) is 14.3. The van der Waals surface area contributed by atoms with Gasteiger partial charge in [0, 0.05) is 6.61 Å². The maximum Gasteiger partial charge on any atom is 0.0433 e. The number of rotatable bonds is 7. The van der Waals surface area contributed by atoms with Gasteiger partial charge in [0.2, 0.25) is 0 Å². The van der Waals surface area contributed by atoms with Crippen LogP contribution in [0.3, 0.4) is 0 Å². The number of aliphatic hydroxyl groups excluding tert-OH is 1. The Kier molecular flexibility index (Phi) is 6.80. The molecule has 0 unspecified atom stereocenters. The first-order valence-corrected chi connectivity index (χ1v) is 13.6. The Balaban J connectivity index is 1.45. The Bertz CT molecular complexity index is 620. The molecule has 3 fully saturated rings. The first kappa shape index (κ1) is 22.9. The highest BCUT2D eigenvalue weighted by molar-refractivity contribution is 5.24. The summed E-state index contributed by atoms with van der Waals surface area (Å²) in [5.41, 5.74) is 2.98. The Hall–Kier alpha value is -0.300. The zero-order valence-electron chi connectivity index (χ0n) is 20.8. The zero-order chi connectivity index (χ0) is 21.5. The molecule has 1 nitrogen and oxygen atoms in total. The predicted octanol–water partition coefficient (Wildman–Crippen LogP) is 8.03. The molecule has 0 radical (unpaired) electrons. The highest BCUT2D eigenvalue weighted by Crippen LogP contribution is 2.67. The average molecular weight is 415 g/mol. The van der Waals surface area contributed by atoms with Crippen LogP contribution in [0, 0.1) is 52.3 Å². The van der Waals surface area contributed by atoms with E-state index < -0.39 is 0 Å². The molecule has 30 heavy (non-hydrogen) atoms. The van der Waals surface area contributed by atoms with Crippen LogP contribution in [0.1, 0.15) is 112 Å². The monoisotopic (exact) mass is 414 g/mol. The molecule has 0 aliphatic heterocycles. The van der Waals surface area contributed by atoms with Crippen molar-refractivity contribution >= 4 is 0 Å². The van der Waals surface area contributed by atoms with Gasteiger partial charge in [0.25, 0.3) is 0 Å². The minimum atomic E-state index is 0.359. The molecule has 1 heteroatoms. The normalized spacial score (nSPS) is 42.8. The van der Waals surface area contributed by atoms with Gasteiger partial charge in [-0.15, -0.1) is 0 Å².